The van der Waals surface area contributed by atoms with E-state index in [0.29, 0.717) is 23.6 Å². The predicted octanol–water partition coefficient (Wildman–Crippen LogP) is 3.89. The number of hydrogen-bond acceptors (Lipinski definition) is 6. The number of aryl methyl sites for hydroxylation is 1. The molecular formula is C22H18N6OS. The first-order valence-corrected chi connectivity index (χ1v) is 10.4. The summed E-state index contributed by atoms with van der Waals surface area (Å²) in [5.41, 5.74) is 4.60. The number of nitrogens with zero attached hydrogens (tertiary/aromatic N) is 6. The van der Waals surface area contributed by atoms with E-state index in [-0.39, 0.29) is 5.91 Å². The summed E-state index contributed by atoms with van der Waals surface area (Å²) < 4.78 is 1.75. The van der Waals surface area contributed by atoms with Crippen LogP contribution in [0.15, 0.2) is 66.3 Å². The number of tetrazole rings is 1. The zero-order chi connectivity index (χ0) is 20.5. The summed E-state index contributed by atoms with van der Waals surface area (Å²) in [5.74, 6) is -0.0246. The average Bonchev–Trinajstić information content (AvgIpc) is 3.46. The molecule has 4 heterocycles. The van der Waals surface area contributed by atoms with Crippen molar-refractivity contribution in [1.29, 1.82) is 0 Å². The van der Waals surface area contributed by atoms with E-state index in [1.54, 1.807) is 16.9 Å². The van der Waals surface area contributed by atoms with E-state index in [9.17, 15) is 4.79 Å². The minimum Gasteiger partial charge on any atom is -0.329 e. The largest absolute Gasteiger partial charge is 0.329 e. The van der Waals surface area contributed by atoms with Gasteiger partial charge in [0.2, 0.25) is 0 Å². The minimum atomic E-state index is -0.0246. The number of aromatic nitrogens is 5. The van der Waals surface area contributed by atoms with Gasteiger partial charge in [-0.25, -0.2) is 0 Å². The molecule has 4 aromatic heterocycles. The Hall–Kier alpha value is -3.65. The summed E-state index contributed by atoms with van der Waals surface area (Å²) in [4.78, 5) is 20.0. The van der Waals surface area contributed by atoms with Gasteiger partial charge in [0.15, 0.2) is 5.65 Å². The summed E-state index contributed by atoms with van der Waals surface area (Å²) in [6.07, 6.45) is 3.51. The van der Waals surface area contributed by atoms with Gasteiger partial charge in [0, 0.05) is 29.9 Å². The Balaban J connectivity index is 1.58. The van der Waals surface area contributed by atoms with Crippen molar-refractivity contribution >= 4 is 33.8 Å². The molecule has 7 nitrogen and oxygen atoms in total. The first-order valence-electron chi connectivity index (χ1n) is 9.51. The Bertz CT molecular complexity index is 1330. The lowest BCUT2D eigenvalue weighted by Crippen LogP contribution is -2.30. The van der Waals surface area contributed by atoms with E-state index in [1.807, 2.05) is 41.5 Å². The van der Waals surface area contributed by atoms with E-state index in [1.165, 1.54) is 11.3 Å². The molecule has 5 rings (SSSR count). The van der Waals surface area contributed by atoms with E-state index < -0.39 is 0 Å². The van der Waals surface area contributed by atoms with Crippen LogP contribution >= 0.6 is 11.3 Å². The SMILES string of the molecule is Cc1ccc2cc(CN(Cc3cccnc3)C(=O)c3cccs3)c3nnnn3c2c1. The first-order chi connectivity index (χ1) is 14.7. The molecule has 8 heteroatoms. The molecule has 0 fully saturated rings. The third kappa shape index (κ3) is 3.42. The maximum Gasteiger partial charge on any atom is 0.264 e. The van der Waals surface area contributed by atoms with Gasteiger partial charge < -0.3 is 4.90 Å². The number of hydrogen-bond donors (Lipinski definition) is 0. The molecule has 0 aliphatic carbocycles. The van der Waals surface area contributed by atoms with E-state index in [2.05, 4.69) is 44.8 Å². The second kappa shape index (κ2) is 7.64. The maximum absolute atomic E-state index is 13.3. The summed E-state index contributed by atoms with van der Waals surface area (Å²) in [6.45, 7) is 2.88. The van der Waals surface area contributed by atoms with Crippen molar-refractivity contribution < 1.29 is 4.79 Å². The fourth-order valence-electron chi connectivity index (χ4n) is 3.55. The highest BCUT2D eigenvalue weighted by molar-refractivity contribution is 7.12. The van der Waals surface area contributed by atoms with Crippen LogP contribution in [0, 0.1) is 6.92 Å². The Labute approximate surface area is 176 Å². The van der Waals surface area contributed by atoms with Crippen LogP contribution in [0.5, 0.6) is 0 Å². The van der Waals surface area contributed by atoms with Crippen LogP contribution in [0.2, 0.25) is 0 Å². The summed E-state index contributed by atoms with van der Waals surface area (Å²) in [5, 5.41) is 15.2. The third-order valence-corrected chi connectivity index (χ3v) is 5.84. The molecule has 1 amide bonds. The van der Waals surface area contributed by atoms with Crippen molar-refractivity contribution in [1.82, 2.24) is 29.9 Å². The molecule has 148 valence electrons. The second-order valence-corrected chi connectivity index (χ2v) is 8.09. The number of fused-ring (bicyclic) bond motifs is 3. The van der Waals surface area contributed by atoms with Gasteiger partial charge in [-0.05, 0) is 58.1 Å². The lowest BCUT2D eigenvalue weighted by atomic mass is 10.1. The molecule has 1 aromatic carbocycles. The van der Waals surface area contributed by atoms with Crippen LogP contribution in [0.1, 0.15) is 26.4 Å². The quantitative estimate of drug-likeness (QED) is 0.436. The lowest BCUT2D eigenvalue weighted by molar-refractivity contribution is 0.0735. The van der Waals surface area contributed by atoms with Gasteiger partial charge in [0.25, 0.3) is 5.91 Å². The highest BCUT2D eigenvalue weighted by Crippen LogP contribution is 2.23. The van der Waals surface area contributed by atoms with Gasteiger partial charge in [0.1, 0.15) is 0 Å². The van der Waals surface area contributed by atoms with E-state index in [4.69, 9.17) is 0 Å². The number of rotatable bonds is 5. The topological polar surface area (TPSA) is 76.3 Å². The Morgan fingerprint density at radius 2 is 2.07 bits per heavy atom. The van der Waals surface area contributed by atoms with Crippen molar-refractivity contribution in [3.63, 3.8) is 0 Å². The average molecular weight is 414 g/mol. The van der Waals surface area contributed by atoms with E-state index >= 15 is 0 Å². The third-order valence-electron chi connectivity index (χ3n) is 4.98. The smallest absolute Gasteiger partial charge is 0.264 e. The Morgan fingerprint density at radius 3 is 2.87 bits per heavy atom. The molecular weight excluding hydrogens is 396 g/mol. The number of carbonyl (C=O) groups excluding carboxylic acids is 1. The van der Waals surface area contributed by atoms with Crippen LogP contribution in [-0.4, -0.2) is 35.8 Å². The zero-order valence-electron chi connectivity index (χ0n) is 16.3. The fraction of sp³-hybridized carbons (Fsp3) is 0.136. The normalized spacial score (nSPS) is 11.2. The standard InChI is InChI=1S/C22H18N6OS/c1-15-6-7-17-11-18(21-24-25-26-28(21)19(17)10-15)14-27(13-16-4-2-8-23-12-16)22(29)20-5-3-9-30-20/h2-12H,13-14H2,1H3. The molecule has 0 N–H and O–H groups in total. The number of benzene rings is 1. The molecule has 30 heavy (non-hydrogen) atoms. The fourth-order valence-corrected chi connectivity index (χ4v) is 4.24. The highest BCUT2D eigenvalue weighted by Gasteiger charge is 2.20. The molecule has 0 bridgehead atoms. The van der Waals surface area contributed by atoms with Crippen LogP contribution in [0.4, 0.5) is 0 Å². The number of amides is 1. The van der Waals surface area contributed by atoms with Crippen molar-refractivity contribution in [3.05, 3.63) is 87.9 Å². The molecule has 0 spiro atoms. The molecule has 0 unspecified atom stereocenters. The molecule has 0 saturated carbocycles. The zero-order valence-corrected chi connectivity index (χ0v) is 17.1. The van der Waals surface area contributed by atoms with Crippen LogP contribution < -0.4 is 0 Å². The van der Waals surface area contributed by atoms with E-state index in [0.717, 1.165) is 27.6 Å². The van der Waals surface area contributed by atoms with Gasteiger partial charge in [-0.1, -0.05) is 24.3 Å². The molecule has 0 atom stereocenters. The van der Waals surface area contributed by atoms with Gasteiger partial charge in [-0.15, -0.1) is 16.4 Å². The van der Waals surface area contributed by atoms with Gasteiger partial charge in [-0.3, -0.25) is 9.78 Å². The summed E-state index contributed by atoms with van der Waals surface area (Å²) in [7, 11) is 0. The summed E-state index contributed by atoms with van der Waals surface area (Å²) in [6, 6.07) is 15.8. The van der Waals surface area contributed by atoms with Gasteiger partial charge in [0.05, 0.1) is 16.9 Å². The van der Waals surface area contributed by atoms with Crippen LogP contribution in [0.25, 0.3) is 16.6 Å². The Morgan fingerprint density at radius 1 is 1.13 bits per heavy atom. The maximum atomic E-state index is 13.3. The molecule has 5 aromatic rings. The summed E-state index contributed by atoms with van der Waals surface area (Å²) >= 11 is 1.44. The Kier molecular flexibility index (Phi) is 4.68. The molecule has 0 aliphatic rings. The second-order valence-electron chi connectivity index (χ2n) is 7.15. The molecule has 0 radical (unpaired) electrons. The first kappa shape index (κ1) is 18.4. The monoisotopic (exact) mass is 414 g/mol. The number of carbonyl (C=O) groups is 1. The number of thiophene rings is 1. The van der Waals surface area contributed by atoms with Gasteiger partial charge in [-0.2, -0.15) is 4.52 Å². The van der Waals surface area contributed by atoms with Crippen molar-refractivity contribution in [3.8, 4) is 0 Å². The van der Waals surface area contributed by atoms with Gasteiger partial charge >= 0.3 is 0 Å². The van der Waals surface area contributed by atoms with Crippen LogP contribution in [-0.2, 0) is 13.1 Å². The highest BCUT2D eigenvalue weighted by atomic mass is 32.1. The number of pyridine rings is 2. The van der Waals surface area contributed by atoms with Crippen molar-refractivity contribution in [2.75, 3.05) is 0 Å². The molecule has 0 saturated heterocycles. The molecule has 0 aliphatic heterocycles. The predicted molar refractivity (Wildman–Crippen MR) is 115 cm³/mol. The van der Waals surface area contributed by atoms with Crippen molar-refractivity contribution in [2.24, 2.45) is 0 Å². The van der Waals surface area contributed by atoms with Crippen molar-refractivity contribution in [2.45, 2.75) is 20.0 Å². The van der Waals surface area contributed by atoms with Crippen LogP contribution in [0.3, 0.4) is 0 Å². The minimum absolute atomic E-state index is 0.0246. The lowest BCUT2D eigenvalue weighted by Gasteiger charge is -2.22.